The molecule has 1 aliphatic rings. The number of aliphatic hydroxyl groups excluding tert-OH is 1. The number of hydrogen-bond acceptors (Lipinski definition) is 3. The van der Waals surface area contributed by atoms with Crippen LogP contribution in [0.2, 0.25) is 0 Å². The van der Waals surface area contributed by atoms with Crippen LogP contribution in [0.1, 0.15) is 48.9 Å². The lowest BCUT2D eigenvalue weighted by Crippen LogP contribution is -2.36. The van der Waals surface area contributed by atoms with E-state index in [1.807, 2.05) is 0 Å². The number of ketones is 1. The summed E-state index contributed by atoms with van der Waals surface area (Å²) in [6.45, 7) is 1.70. The van der Waals surface area contributed by atoms with Crippen LogP contribution in [0.5, 0.6) is 0 Å². The van der Waals surface area contributed by atoms with Gasteiger partial charge in [-0.2, -0.15) is 0 Å². The second-order valence-electron chi connectivity index (χ2n) is 5.73. The predicted octanol–water partition coefficient (Wildman–Crippen LogP) is 3.03. The second-order valence-corrected chi connectivity index (χ2v) is 5.73. The minimum atomic E-state index is -0.318. The molecule has 1 aliphatic carbocycles. The van der Waals surface area contributed by atoms with Gasteiger partial charge in [0.05, 0.1) is 6.61 Å². The van der Waals surface area contributed by atoms with E-state index in [2.05, 4.69) is 4.90 Å². The molecular weight excluding hydrogens is 269 g/mol. The van der Waals surface area contributed by atoms with Gasteiger partial charge in [0.25, 0.3) is 0 Å². The number of aliphatic hydroxyl groups is 1. The Balaban J connectivity index is 1.78. The minimum Gasteiger partial charge on any atom is -0.395 e. The standard InChI is InChI=1S/C17H24FNO2/c18-15-9-7-14(8-10-15)17(21)6-3-11-19(12-13-20)16-4-1-2-5-16/h7-10,16,20H,1-6,11-13H2. The summed E-state index contributed by atoms with van der Waals surface area (Å²) >= 11 is 0. The maximum Gasteiger partial charge on any atom is 0.162 e. The van der Waals surface area contributed by atoms with Gasteiger partial charge < -0.3 is 5.11 Å². The fraction of sp³-hybridized carbons (Fsp3) is 0.588. The topological polar surface area (TPSA) is 40.5 Å². The molecular formula is C17H24FNO2. The SMILES string of the molecule is O=C(CCCN(CCO)C1CCCC1)c1ccc(F)cc1. The maximum absolute atomic E-state index is 12.8. The van der Waals surface area contributed by atoms with E-state index in [-0.39, 0.29) is 18.2 Å². The van der Waals surface area contributed by atoms with Crippen LogP contribution in [-0.2, 0) is 0 Å². The average molecular weight is 293 g/mol. The first-order valence-corrected chi connectivity index (χ1v) is 7.84. The molecule has 1 N–H and O–H groups in total. The van der Waals surface area contributed by atoms with Crippen molar-refractivity contribution in [2.75, 3.05) is 19.7 Å². The van der Waals surface area contributed by atoms with Crippen LogP contribution in [0.4, 0.5) is 4.39 Å². The molecule has 0 atom stereocenters. The zero-order chi connectivity index (χ0) is 15.1. The van der Waals surface area contributed by atoms with Crippen molar-refractivity contribution < 1.29 is 14.3 Å². The molecule has 0 amide bonds. The van der Waals surface area contributed by atoms with Crippen LogP contribution in [0.3, 0.4) is 0 Å². The molecule has 4 heteroatoms. The van der Waals surface area contributed by atoms with Crippen LogP contribution in [0, 0.1) is 5.82 Å². The van der Waals surface area contributed by atoms with Gasteiger partial charge in [0.1, 0.15) is 5.82 Å². The minimum absolute atomic E-state index is 0.0605. The first-order chi connectivity index (χ1) is 10.2. The second kappa shape index (κ2) is 8.25. The Morgan fingerprint density at radius 3 is 2.48 bits per heavy atom. The zero-order valence-electron chi connectivity index (χ0n) is 12.4. The molecule has 1 fully saturated rings. The molecule has 0 unspecified atom stereocenters. The number of carbonyl (C=O) groups excluding carboxylic acids is 1. The average Bonchev–Trinajstić information content (AvgIpc) is 3.01. The smallest absolute Gasteiger partial charge is 0.162 e. The summed E-state index contributed by atoms with van der Waals surface area (Å²) in [5.74, 6) is -0.257. The summed E-state index contributed by atoms with van der Waals surface area (Å²) in [4.78, 5) is 14.3. The summed E-state index contributed by atoms with van der Waals surface area (Å²) < 4.78 is 12.8. The molecule has 3 nitrogen and oxygen atoms in total. The highest BCUT2D eigenvalue weighted by atomic mass is 19.1. The first kappa shape index (κ1) is 16.1. The molecule has 1 aromatic rings. The van der Waals surface area contributed by atoms with Crippen LogP contribution >= 0.6 is 0 Å². The molecule has 0 saturated heterocycles. The summed E-state index contributed by atoms with van der Waals surface area (Å²) in [5, 5.41) is 9.17. The Morgan fingerprint density at radius 1 is 1.19 bits per heavy atom. The van der Waals surface area contributed by atoms with E-state index >= 15 is 0 Å². The van der Waals surface area contributed by atoms with Crippen LogP contribution in [-0.4, -0.2) is 41.5 Å². The van der Waals surface area contributed by atoms with E-state index in [1.165, 1.54) is 37.8 Å². The third kappa shape index (κ3) is 4.90. The Hall–Kier alpha value is -1.26. The van der Waals surface area contributed by atoms with Gasteiger partial charge in [0.15, 0.2) is 5.78 Å². The lowest BCUT2D eigenvalue weighted by molar-refractivity contribution is 0.0965. The van der Waals surface area contributed by atoms with Crippen LogP contribution in [0.25, 0.3) is 0 Å². The van der Waals surface area contributed by atoms with Crippen molar-refractivity contribution in [3.05, 3.63) is 35.6 Å². The van der Waals surface area contributed by atoms with Crippen molar-refractivity contribution in [1.29, 1.82) is 0 Å². The highest BCUT2D eigenvalue weighted by molar-refractivity contribution is 5.95. The van der Waals surface area contributed by atoms with E-state index in [0.29, 0.717) is 24.6 Å². The highest BCUT2D eigenvalue weighted by Crippen LogP contribution is 2.23. The van der Waals surface area contributed by atoms with Gasteiger partial charge in [-0.1, -0.05) is 12.8 Å². The molecule has 1 aromatic carbocycles. The van der Waals surface area contributed by atoms with Crippen molar-refractivity contribution in [1.82, 2.24) is 4.90 Å². The number of rotatable bonds is 8. The fourth-order valence-electron chi connectivity index (χ4n) is 3.10. The number of nitrogens with zero attached hydrogens (tertiary/aromatic N) is 1. The van der Waals surface area contributed by atoms with Crippen molar-refractivity contribution in [3.8, 4) is 0 Å². The number of hydrogen-bond donors (Lipinski definition) is 1. The third-order valence-corrected chi connectivity index (χ3v) is 4.24. The molecule has 0 heterocycles. The molecule has 2 rings (SSSR count). The van der Waals surface area contributed by atoms with Gasteiger partial charge in [0.2, 0.25) is 0 Å². The molecule has 0 bridgehead atoms. The van der Waals surface area contributed by atoms with E-state index in [4.69, 9.17) is 5.11 Å². The number of halogens is 1. The number of carbonyl (C=O) groups is 1. The molecule has 116 valence electrons. The van der Waals surface area contributed by atoms with Crippen molar-refractivity contribution in [3.63, 3.8) is 0 Å². The molecule has 1 saturated carbocycles. The summed E-state index contributed by atoms with van der Waals surface area (Å²) in [5.41, 5.74) is 0.575. The quantitative estimate of drug-likeness (QED) is 0.749. The van der Waals surface area contributed by atoms with Gasteiger partial charge in [-0.05, 0) is 50.1 Å². The Morgan fingerprint density at radius 2 is 1.86 bits per heavy atom. The Kier molecular flexibility index (Phi) is 6.33. The van der Waals surface area contributed by atoms with Gasteiger partial charge >= 0.3 is 0 Å². The normalized spacial score (nSPS) is 15.8. The maximum atomic E-state index is 12.8. The molecule has 0 radical (unpaired) electrons. The van der Waals surface area contributed by atoms with Gasteiger partial charge in [-0.15, -0.1) is 0 Å². The van der Waals surface area contributed by atoms with E-state index in [9.17, 15) is 9.18 Å². The highest BCUT2D eigenvalue weighted by Gasteiger charge is 2.21. The van der Waals surface area contributed by atoms with E-state index in [0.717, 1.165) is 13.0 Å². The molecule has 0 aromatic heterocycles. The third-order valence-electron chi connectivity index (χ3n) is 4.24. The zero-order valence-corrected chi connectivity index (χ0v) is 12.4. The summed E-state index contributed by atoms with van der Waals surface area (Å²) in [7, 11) is 0. The monoisotopic (exact) mass is 293 g/mol. The van der Waals surface area contributed by atoms with Crippen LogP contribution in [0.15, 0.2) is 24.3 Å². The predicted molar refractivity (Wildman–Crippen MR) is 80.9 cm³/mol. The van der Waals surface area contributed by atoms with E-state index < -0.39 is 0 Å². The Labute approximate surface area is 125 Å². The van der Waals surface area contributed by atoms with Gasteiger partial charge in [0, 0.05) is 24.6 Å². The lowest BCUT2D eigenvalue weighted by atomic mass is 10.1. The van der Waals surface area contributed by atoms with Gasteiger partial charge in [-0.3, -0.25) is 9.69 Å². The summed E-state index contributed by atoms with van der Waals surface area (Å²) in [6.07, 6.45) is 6.19. The molecule has 0 aliphatic heterocycles. The van der Waals surface area contributed by atoms with Gasteiger partial charge in [-0.25, -0.2) is 4.39 Å². The van der Waals surface area contributed by atoms with E-state index in [1.54, 1.807) is 12.1 Å². The fourth-order valence-corrected chi connectivity index (χ4v) is 3.10. The Bertz CT molecular complexity index is 441. The van der Waals surface area contributed by atoms with Crippen molar-refractivity contribution in [2.24, 2.45) is 0 Å². The van der Waals surface area contributed by atoms with Crippen molar-refractivity contribution in [2.45, 2.75) is 44.6 Å². The molecule has 21 heavy (non-hydrogen) atoms. The number of benzene rings is 1. The largest absolute Gasteiger partial charge is 0.395 e. The first-order valence-electron chi connectivity index (χ1n) is 7.84. The van der Waals surface area contributed by atoms with Crippen LogP contribution < -0.4 is 0 Å². The summed E-state index contributed by atoms with van der Waals surface area (Å²) in [6, 6.07) is 6.30. The molecule has 0 spiro atoms. The lowest BCUT2D eigenvalue weighted by Gasteiger charge is -2.27. The van der Waals surface area contributed by atoms with Crippen molar-refractivity contribution >= 4 is 5.78 Å². The number of Topliss-reactive ketones (excluding diaryl/α,β-unsaturated/α-hetero) is 1.